The summed E-state index contributed by atoms with van der Waals surface area (Å²) in [5.41, 5.74) is 0. The van der Waals surface area contributed by atoms with Crippen molar-refractivity contribution in [3.8, 4) is 0 Å². The van der Waals surface area contributed by atoms with E-state index in [1.54, 1.807) is 0 Å². The lowest BCUT2D eigenvalue weighted by atomic mass is 10.5. The smallest absolute Gasteiger partial charge is 0.159 e. The van der Waals surface area contributed by atoms with Gasteiger partial charge in [0, 0.05) is 0 Å². The van der Waals surface area contributed by atoms with Crippen molar-refractivity contribution in [1.29, 1.82) is 0 Å². The van der Waals surface area contributed by atoms with Crippen molar-refractivity contribution in [1.82, 2.24) is 0 Å². The maximum atomic E-state index is 4.85. The minimum atomic E-state index is 0.287. The highest BCUT2D eigenvalue weighted by Crippen LogP contribution is 2.17. The lowest BCUT2D eigenvalue weighted by molar-refractivity contribution is 0.264. The Labute approximate surface area is 41.2 Å². The molecule has 1 rings (SSSR count). The van der Waals surface area contributed by atoms with Crippen molar-refractivity contribution in [3.05, 3.63) is 0 Å². The number of hydrogen-bond donors (Lipinski definition) is 0. The summed E-state index contributed by atoms with van der Waals surface area (Å²) in [6.07, 6.45) is 0.287. The lowest BCUT2D eigenvalue weighted by Gasteiger charge is -1.87. The van der Waals surface area contributed by atoms with Crippen molar-refractivity contribution in [2.24, 2.45) is 0 Å². The summed E-state index contributed by atoms with van der Waals surface area (Å²) in [6.45, 7) is 2.70. The summed E-state index contributed by atoms with van der Waals surface area (Å²) < 4.78 is 9.60. The lowest BCUT2D eigenvalue weighted by Crippen LogP contribution is -1.99. The normalized spacial score (nSPS) is 34.5. The highest BCUT2D eigenvalue weighted by molar-refractivity contribution is 7.90. The molecular weight excluding hydrogens is 100 g/mol. The maximum absolute atomic E-state index is 4.85. The Balaban J connectivity index is 2.18. The van der Waals surface area contributed by atoms with Crippen LogP contribution in [0.2, 0.25) is 0 Å². The molecule has 0 unspecified atom stereocenters. The molecule has 0 N–H and O–H groups in total. The summed E-state index contributed by atoms with van der Waals surface area (Å²) in [7, 11) is 0. The standard InChI is InChI=1S/C3H6O2S/c1-3-2-4-6-5-3/h3H,2H2,1H3/t3-/m0/s1. The van der Waals surface area contributed by atoms with Gasteiger partial charge < -0.3 is 0 Å². The van der Waals surface area contributed by atoms with E-state index in [9.17, 15) is 0 Å². The minimum Gasteiger partial charge on any atom is -0.289 e. The van der Waals surface area contributed by atoms with Gasteiger partial charge in [0.2, 0.25) is 0 Å². The first-order chi connectivity index (χ1) is 2.89. The maximum Gasteiger partial charge on any atom is 0.159 e. The van der Waals surface area contributed by atoms with Gasteiger partial charge >= 0.3 is 0 Å². The van der Waals surface area contributed by atoms with Gasteiger partial charge in [-0.2, -0.15) is 0 Å². The van der Waals surface area contributed by atoms with Crippen molar-refractivity contribution >= 4 is 12.3 Å². The molecule has 0 spiro atoms. The van der Waals surface area contributed by atoms with Crippen molar-refractivity contribution in [3.63, 3.8) is 0 Å². The zero-order valence-corrected chi connectivity index (χ0v) is 4.33. The molecule has 0 amide bonds. The van der Waals surface area contributed by atoms with E-state index in [4.69, 9.17) is 8.37 Å². The molecule has 0 aromatic carbocycles. The van der Waals surface area contributed by atoms with Gasteiger partial charge in [-0.3, -0.25) is 8.37 Å². The SMILES string of the molecule is C[C@H]1COSO1. The van der Waals surface area contributed by atoms with E-state index in [1.807, 2.05) is 6.92 Å². The van der Waals surface area contributed by atoms with Gasteiger partial charge in [0.15, 0.2) is 12.3 Å². The van der Waals surface area contributed by atoms with Crippen LogP contribution in [0.15, 0.2) is 0 Å². The Morgan fingerprint density at radius 2 is 2.67 bits per heavy atom. The fraction of sp³-hybridized carbons (Fsp3) is 1.00. The van der Waals surface area contributed by atoms with Crippen LogP contribution >= 0.6 is 12.3 Å². The van der Waals surface area contributed by atoms with Crippen LogP contribution in [0.25, 0.3) is 0 Å². The van der Waals surface area contributed by atoms with Gasteiger partial charge in [-0.1, -0.05) is 0 Å². The fourth-order valence-electron chi connectivity index (χ4n) is 0.246. The second-order valence-corrected chi connectivity index (χ2v) is 1.82. The topological polar surface area (TPSA) is 18.5 Å². The van der Waals surface area contributed by atoms with Gasteiger partial charge in [-0.05, 0) is 6.92 Å². The molecule has 1 aliphatic rings. The first kappa shape index (κ1) is 4.43. The molecule has 0 aliphatic carbocycles. The third kappa shape index (κ3) is 0.864. The van der Waals surface area contributed by atoms with E-state index in [-0.39, 0.29) is 6.10 Å². The molecule has 0 aromatic rings. The monoisotopic (exact) mass is 106 g/mol. The molecule has 6 heavy (non-hydrogen) atoms. The second-order valence-electron chi connectivity index (χ2n) is 1.26. The van der Waals surface area contributed by atoms with Crippen LogP contribution in [0.5, 0.6) is 0 Å². The van der Waals surface area contributed by atoms with Crippen LogP contribution in [0.3, 0.4) is 0 Å². The largest absolute Gasteiger partial charge is 0.289 e. The van der Waals surface area contributed by atoms with E-state index in [0.717, 1.165) is 18.9 Å². The second kappa shape index (κ2) is 1.82. The molecule has 0 bridgehead atoms. The minimum absolute atomic E-state index is 0.287. The molecule has 0 radical (unpaired) electrons. The predicted molar refractivity (Wildman–Crippen MR) is 24.1 cm³/mol. The van der Waals surface area contributed by atoms with Crippen LogP contribution in [-0.4, -0.2) is 12.7 Å². The molecule has 1 atom stereocenters. The molecule has 0 saturated carbocycles. The fourth-order valence-corrected chi connectivity index (χ4v) is 0.739. The molecule has 0 aromatic heterocycles. The molecule has 36 valence electrons. The molecular formula is C3H6O2S. The first-order valence-electron chi connectivity index (χ1n) is 1.84. The quantitative estimate of drug-likeness (QED) is 0.429. The van der Waals surface area contributed by atoms with Crippen LogP contribution < -0.4 is 0 Å². The third-order valence-electron chi connectivity index (χ3n) is 0.554. The highest BCUT2D eigenvalue weighted by Gasteiger charge is 2.10. The van der Waals surface area contributed by atoms with Gasteiger partial charge in [-0.15, -0.1) is 0 Å². The molecule has 1 aliphatic heterocycles. The van der Waals surface area contributed by atoms with E-state index < -0.39 is 0 Å². The Bertz CT molecular complexity index is 42.1. The van der Waals surface area contributed by atoms with Gasteiger partial charge in [0.25, 0.3) is 0 Å². The predicted octanol–water partition coefficient (Wildman–Crippen LogP) is 0.985. The Morgan fingerprint density at radius 3 is 2.83 bits per heavy atom. The molecule has 1 fully saturated rings. The average molecular weight is 106 g/mol. The molecule has 2 nitrogen and oxygen atoms in total. The average Bonchev–Trinajstić information content (AvgIpc) is 1.86. The number of rotatable bonds is 0. The zero-order chi connectivity index (χ0) is 4.41. The van der Waals surface area contributed by atoms with Gasteiger partial charge in [0.05, 0.1) is 12.7 Å². The molecule has 1 saturated heterocycles. The Morgan fingerprint density at radius 1 is 1.83 bits per heavy atom. The highest BCUT2D eigenvalue weighted by atomic mass is 32.2. The van der Waals surface area contributed by atoms with Crippen LogP contribution in [0, 0.1) is 0 Å². The summed E-state index contributed by atoms with van der Waals surface area (Å²) >= 11 is 1.08. The first-order valence-corrected chi connectivity index (χ1v) is 2.51. The van der Waals surface area contributed by atoms with E-state index in [1.165, 1.54) is 0 Å². The molecule has 1 heterocycles. The Kier molecular flexibility index (Phi) is 1.34. The zero-order valence-electron chi connectivity index (χ0n) is 3.51. The van der Waals surface area contributed by atoms with Crippen molar-refractivity contribution in [2.75, 3.05) is 6.61 Å². The van der Waals surface area contributed by atoms with E-state index in [0.29, 0.717) is 0 Å². The van der Waals surface area contributed by atoms with Crippen LogP contribution in [0.1, 0.15) is 6.92 Å². The summed E-state index contributed by atoms with van der Waals surface area (Å²) in [5, 5.41) is 0. The van der Waals surface area contributed by atoms with Crippen LogP contribution in [-0.2, 0) is 8.37 Å². The van der Waals surface area contributed by atoms with Crippen molar-refractivity contribution < 1.29 is 8.37 Å². The summed E-state index contributed by atoms with van der Waals surface area (Å²) in [6, 6.07) is 0. The molecule has 3 heteroatoms. The number of hydrogen-bond acceptors (Lipinski definition) is 3. The van der Waals surface area contributed by atoms with Crippen LogP contribution in [0.4, 0.5) is 0 Å². The summed E-state index contributed by atoms with van der Waals surface area (Å²) in [4.78, 5) is 0. The summed E-state index contributed by atoms with van der Waals surface area (Å²) in [5.74, 6) is 0. The van der Waals surface area contributed by atoms with Gasteiger partial charge in [0.1, 0.15) is 0 Å². The van der Waals surface area contributed by atoms with E-state index >= 15 is 0 Å². The van der Waals surface area contributed by atoms with Gasteiger partial charge in [-0.25, -0.2) is 0 Å². The van der Waals surface area contributed by atoms with Crippen molar-refractivity contribution in [2.45, 2.75) is 13.0 Å². The Hall–Kier alpha value is 0.270. The third-order valence-corrected chi connectivity index (χ3v) is 1.19. The van der Waals surface area contributed by atoms with E-state index in [2.05, 4.69) is 0 Å².